The minimum Gasteiger partial charge on any atom is -0.369 e. The van der Waals surface area contributed by atoms with E-state index >= 15 is 0 Å². The van der Waals surface area contributed by atoms with Crippen LogP contribution >= 0.6 is 0 Å². The van der Waals surface area contributed by atoms with Crippen LogP contribution in [0.2, 0.25) is 0 Å². The Hall–Kier alpha value is -1.88. The summed E-state index contributed by atoms with van der Waals surface area (Å²) in [6.07, 6.45) is 0. The predicted octanol–water partition coefficient (Wildman–Crippen LogP) is 0.126. The van der Waals surface area contributed by atoms with Crippen molar-refractivity contribution in [1.29, 1.82) is 0 Å². The molecule has 5 heteroatoms. The maximum Gasteiger partial charge on any atom is 0.246 e. The highest BCUT2D eigenvalue weighted by Crippen LogP contribution is 2.06. The maximum absolute atomic E-state index is 11.8. The molecule has 1 saturated heterocycles. The van der Waals surface area contributed by atoms with Gasteiger partial charge in [0.1, 0.15) is 12.6 Å². The number of hydrogen-bond donors (Lipinski definition) is 2. The van der Waals surface area contributed by atoms with Crippen molar-refractivity contribution in [2.24, 2.45) is 0 Å². The van der Waals surface area contributed by atoms with E-state index in [1.54, 1.807) is 0 Å². The highest BCUT2D eigenvalue weighted by atomic mass is 16.5. The van der Waals surface area contributed by atoms with Crippen LogP contribution in [0.5, 0.6) is 0 Å². The van der Waals surface area contributed by atoms with Crippen molar-refractivity contribution >= 4 is 11.8 Å². The van der Waals surface area contributed by atoms with Crippen LogP contribution in [-0.2, 0) is 20.9 Å². The lowest BCUT2D eigenvalue weighted by atomic mass is 10.1. The SMILES string of the molecule is Cc1ccccc1CNC(=O)C1COCC(=O)N1. The highest BCUT2D eigenvalue weighted by Gasteiger charge is 2.24. The number of rotatable bonds is 3. The molecule has 2 amide bonds. The van der Waals surface area contributed by atoms with E-state index in [0.29, 0.717) is 6.54 Å². The second-order valence-electron chi connectivity index (χ2n) is 4.28. The molecule has 2 N–H and O–H groups in total. The molecular weight excluding hydrogens is 232 g/mol. The van der Waals surface area contributed by atoms with Crippen LogP contribution in [-0.4, -0.2) is 31.1 Å². The third kappa shape index (κ3) is 3.07. The van der Waals surface area contributed by atoms with Gasteiger partial charge in [0.25, 0.3) is 0 Å². The standard InChI is InChI=1S/C13H16N2O3/c1-9-4-2-3-5-10(9)6-14-13(17)11-7-18-8-12(16)15-11/h2-5,11H,6-8H2,1H3,(H,14,17)(H,15,16). The van der Waals surface area contributed by atoms with Crippen LogP contribution in [0, 0.1) is 6.92 Å². The van der Waals surface area contributed by atoms with Crippen LogP contribution < -0.4 is 10.6 Å². The molecule has 1 unspecified atom stereocenters. The molecule has 2 rings (SSSR count). The topological polar surface area (TPSA) is 67.4 Å². The normalized spacial score (nSPS) is 19.2. The third-order valence-electron chi connectivity index (χ3n) is 2.88. The van der Waals surface area contributed by atoms with Crippen LogP contribution in [0.1, 0.15) is 11.1 Å². The van der Waals surface area contributed by atoms with Crippen molar-refractivity contribution in [1.82, 2.24) is 10.6 Å². The smallest absolute Gasteiger partial charge is 0.246 e. The molecule has 1 aliphatic rings. The van der Waals surface area contributed by atoms with Gasteiger partial charge in [0.15, 0.2) is 0 Å². The molecular formula is C13H16N2O3. The molecule has 0 aliphatic carbocycles. The summed E-state index contributed by atoms with van der Waals surface area (Å²) in [6, 6.07) is 7.25. The first-order valence-electron chi connectivity index (χ1n) is 5.86. The average Bonchev–Trinajstić information content (AvgIpc) is 2.37. The molecule has 96 valence electrons. The van der Waals surface area contributed by atoms with Gasteiger partial charge in [-0.05, 0) is 18.1 Å². The number of morpholine rings is 1. The third-order valence-corrected chi connectivity index (χ3v) is 2.88. The van der Waals surface area contributed by atoms with Crippen molar-refractivity contribution in [3.63, 3.8) is 0 Å². The summed E-state index contributed by atoms with van der Waals surface area (Å²) in [5, 5.41) is 5.39. The molecule has 1 aliphatic heterocycles. The number of hydrogen-bond acceptors (Lipinski definition) is 3. The molecule has 1 aromatic rings. The summed E-state index contributed by atoms with van der Waals surface area (Å²) < 4.78 is 5.02. The van der Waals surface area contributed by atoms with Gasteiger partial charge in [0.05, 0.1) is 6.61 Å². The molecule has 1 fully saturated rings. The molecule has 0 spiro atoms. The number of nitrogens with one attached hydrogen (secondary N) is 2. The largest absolute Gasteiger partial charge is 0.369 e. The van der Waals surface area contributed by atoms with E-state index in [9.17, 15) is 9.59 Å². The van der Waals surface area contributed by atoms with Gasteiger partial charge >= 0.3 is 0 Å². The number of ether oxygens (including phenoxy) is 1. The lowest BCUT2D eigenvalue weighted by molar-refractivity contribution is -0.138. The predicted molar refractivity (Wildman–Crippen MR) is 65.8 cm³/mol. The van der Waals surface area contributed by atoms with E-state index in [0.717, 1.165) is 11.1 Å². The summed E-state index contributed by atoms with van der Waals surface area (Å²) >= 11 is 0. The first-order chi connectivity index (χ1) is 8.66. The Morgan fingerprint density at radius 3 is 3.00 bits per heavy atom. The van der Waals surface area contributed by atoms with Gasteiger partial charge in [-0.3, -0.25) is 9.59 Å². The second kappa shape index (κ2) is 5.64. The first-order valence-corrected chi connectivity index (χ1v) is 5.86. The first kappa shape index (κ1) is 12.6. The fourth-order valence-corrected chi connectivity index (χ4v) is 1.80. The molecule has 0 aromatic heterocycles. The van der Waals surface area contributed by atoms with E-state index in [4.69, 9.17) is 4.74 Å². The number of benzene rings is 1. The Balaban J connectivity index is 1.88. The van der Waals surface area contributed by atoms with Gasteiger partial charge < -0.3 is 15.4 Å². The van der Waals surface area contributed by atoms with E-state index in [1.807, 2.05) is 31.2 Å². The molecule has 0 bridgehead atoms. The van der Waals surface area contributed by atoms with E-state index < -0.39 is 6.04 Å². The van der Waals surface area contributed by atoms with Crippen LogP contribution in [0.25, 0.3) is 0 Å². The molecule has 5 nitrogen and oxygen atoms in total. The zero-order valence-corrected chi connectivity index (χ0v) is 10.2. The van der Waals surface area contributed by atoms with Crippen molar-refractivity contribution in [3.8, 4) is 0 Å². The van der Waals surface area contributed by atoms with Crippen LogP contribution in [0.4, 0.5) is 0 Å². The van der Waals surface area contributed by atoms with E-state index in [1.165, 1.54) is 0 Å². The number of carbonyl (C=O) groups is 2. The maximum atomic E-state index is 11.8. The summed E-state index contributed by atoms with van der Waals surface area (Å²) in [4.78, 5) is 22.9. The quantitative estimate of drug-likeness (QED) is 0.798. The number of aryl methyl sites for hydroxylation is 1. The van der Waals surface area contributed by atoms with Crippen molar-refractivity contribution in [2.75, 3.05) is 13.2 Å². The van der Waals surface area contributed by atoms with Gasteiger partial charge in [0.2, 0.25) is 11.8 Å². The highest BCUT2D eigenvalue weighted by molar-refractivity contribution is 5.89. The zero-order valence-electron chi connectivity index (χ0n) is 10.2. The van der Waals surface area contributed by atoms with E-state index in [2.05, 4.69) is 10.6 Å². The van der Waals surface area contributed by atoms with Gasteiger partial charge in [-0.1, -0.05) is 24.3 Å². The van der Waals surface area contributed by atoms with E-state index in [-0.39, 0.29) is 25.0 Å². The van der Waals surface area contributed by atoms with Gasteiger partial charge in [-0.15, -0.1) is 0 Å². The summed E-state index contributed by atoms with van der Waals surface area (Å²) in [6.45, 7) is 2.71. The van der Waals surface area contributed by atoms with Crippen molar-refractivity contribution < 1.29 is 14.3 Å². The Kier molecular flexibility index (Phi) is 3.94. The van der Waals surface area contributed by atoms with Gasteiger partial charge in [-0.25, -0.2) is 0 Å². The number of carbonyl (C=O) groups excluding carboxylic acids is 2. The Labute approximate surface area is 106 Å². The molecule has 1 atom stereocenters. The lowest BCUT2D eigenvalue weighted by Gasteiger charge is -2.22. The fraction of sp³-hybridized carbons (Fsp3) is 0.385. The van der Waals surface area contributed by atoms with Crippen molar-refractivity contribution in [3.05, 3.63) is 35.4 Å². The Morgan fingerprint density at radius 1 is 1.50 bits per heavy atom. The molecule has 1 aromatic carbocycles. The average molecular weight is 248 g/mol. The fourth-order valence-electron chi connectivity index (χ4n) is 1.80. The monoisotopic (exact) mass is 248 g/mol. The molecule has 1 heterocycles. The minimum atomic E-state index is -0.588. The van der Waals surface area contributed by atoms with Crippen LogP contribution in [0.3, 0.4) is 0 Å². The lowest BCUT2D eigenvalue weighted by Crippen LogP contribution is -2.53. The Bertz CT molecular complexity index is 459. The van der Waals surface area contributed by atoms with Crippen molar-refractivity contribution in [2.45, 2.75) is 19.5 Å². The van der Waals surface area contributed by atoms with Gasteiger partial charge in [-0.2, -0.15) is 0 Å². The van der Waals surface area contributed by atoms with Gasteiger partial charge in [0, 0.05) is 6.54 Å². The second-order valence-corrected chi connectivity index (χ2v) is 4.28. The summed E-state index contributed by atoms with van der Waals surface area (Å²) in [5.74, 6) is -0.469. The Morgan fingerprint density at radius 2 is 2.28 bits per heavy atom. The minimum absolute atomic E-state index is 0.0293. The summed E-state index contributed by atoms with van der Waals surface area (Å²) in [5.41, 5.74) is 2.19. The summed E-state index contributed by atoms with van der Waals surface area (Å²) in [7, 11) is 0. The zero-order chi connectivity index (χ0) is 13.0. The molecule has 0 radical (unpaired) electrons. The molecule has 0 saturated carbocycles. The molecule has 18 heavy (non-hydrogen) atoms. The van der Waals surface area contributed by atoms with Crippen LogP contribution in [0.15, 0.2) is 24.3 Å². The number of amides is 2.